The van der Waals surface area contributed by atoms with Crippen molar-refractivity contribution in [3.05, 3.63) is 29.6 Å². The summed E-state index contributed by atoms with van der Waals surface area (Å²) < 4.78 is 13.8. The minimum atomic E-state index is -0.115. The molecule has 1 aromatic rings. The van der Waals surface area contributed by atoms with Crippen molar-refractivity contribution >= 4 is 17.4 Å². The van der Waals surface area contributed by atoms with Gasteiger partial charge in [0.1, 0.15) is 5.82 Å². The predicted molar refractivity (Wildman–Crippen MR) is 80.4 cm³/mol. The first kappa shape index (κ1) is 13.3. The van der Waals surface area contributed by atoms with Gasteiger partial charge in [0.15, 0.2) is 0 Å². The lowest BCUT2D eigenvalue weighted by atomic mass is 10.1. The molecule has 1 aliphatic carbocycles. The van der Waals surface area contributed by atoms with Gasteiger partial charge >= 0.3 is 0 Å². The zero-order valence-electron chi connectivity index (χ0n) is 11.4. The Morgan fingerprint density at radius 1 is 1.37 bits per heavy atom. The van der Waals surface area contributed by atoms with Gasteiger partial charge in [-0.05, 0) is 36.6 Å². The summed E-state index contributed by atoms with van der Waals surface area (Å²) in [7, 11) is 0. The third kappa shape index (κ3) is 3.63. The van der Waals surface area contributed by atoms with E-state index < -0.39 is 0 Å². The molecule has 104 valence electrons. The fraction of sp³-hybridized carbons (Fsp3) is 0.600. The van der Waals surface area contributed by atoms with Crippen molar-refractivity contribution in [2.45, 2.75) is 37.6 Å². The maximum Gasteiger partial charge on any atom is 0.125 e. The fourth-order valence-electron chi connectivity index (χ4n) is 2.52. The summed E-state index contributed by atoms with van der Waals surface area (Å²) in [6.45, 7) is 5.07. The normalized spacial score (nSPS) is 23.7. The van der Waals surface area contributed by atoms with E-state index >= 15 is 0 Å². The average Bonchev–Trinajstić information content (AvgIpc) is 3.20. The number of hydrogen-bond acceptors (Lipinski definition) is 3. The summed E-state index contributed by atoms with van der Waals surface area (Å²) in [5.74, 6) is 1.02. The van der Waals surface area contributed by atoms with Gasteiger partial charge in [-0.15, -0.1) is 0 Å². The van der Waals surface area contributed by atoms with Crippen LogP contribution in [-0.2, 0) is 6.54 Å². The van der Waals surface area contributed by atoms with E-state index in [-0.39, 0.29) is 5.82 Å². The van der Waals surface area contributed by atoms with Crippen LogP contribution in [0.3, 0.4) is 0 Å². The molecule has 1 heterocycles. The Labute approximate surface area is 118 Å². The van der Waals surface area contributed by atoms with Crippen LogP contribution in [0.5, 0.6) is 0 Å². The Morgan fingerprint density at radius 2 is 2.21 bits per heavy atom. The molecule has 0 aromatic heterocycles. The lowest BCUT2D eigenvalue weighted by Crippen LogP contribution is -2.36. The second kappa shape index (κ2) is 5.71. The topological polar surface area (TPSA) is 15.3 Å². The Kier molecular flexibility index (Phi) is 3.99. The lowest BCUT2D eigenvalue weighted by molar-refractivity contribution is 0.618. The van der Waals surface area contributed by atoms with Crippen LogP contribution in [0, 0.1) is 5.82 Å². The minimum absolute atomic E-state index is 0.115. The summed E-state index contributed by atoms with van der Waals surface area (Å²) >= 11 is 2.00. The quantitative estimate of drug-likeness (QED) is 0.912. The fourth-order valence-corrected chi connectivity index (χ4v) is 3.53. The van der Waals surface area contributed by atoms with Gasteiger partial charge in [0.2, 0.25) is 0 Å². The molecule has 0 spiro atoms. The molecule has 1 N–H and O–H groups in total. The van der Waals surface area contributed by atoms with Crippen LogP contribution in [0.25, 0.3) is 0 Å². The number of hydrogen-bond donors (Lipinski definition) is 1. The zero-order chi connectivity index (χ0) is 13.2. The molecular weight excluding hydrogens is 259 g/mol. The standard InChI is InChI=1S/C15H21FN2S/c1-11-10-18(4-5-19-11)15-7-12(6-13(16)8-15)9-17-14-2-3-14/h6-8,11,14,17H,2-5,9-10H2,1H3. The van der Waals surface area contributed by atoms with Gasteiger partial charge in [0, 0.05) is 42.4 Å². The van der Waals surface area contributed by atoms with Crippen LogP contribution in [0.4, 0.5) is 10.1 Å². The highest BCUT2D eigenvalue weighted by Crippen LogP contribution is 2.26. The molecule has 2 fully saturated rings. The van der Waals surface area contributed by atoms with Crippen molar-refractivity contribution in [1.82, 2.24) is 5.32 Å². The van der Waals surface area contributed by atoms with E-state index in [1.807, 2.05) is 11.8 Å². The summed E-state index contributed by atoms with van der Waals surface area (Å²) in [5, 5.41) is 4.08. The van der Waals surface area contributed by atoms with Crippen molar-refractivity contribution < 1.29 is 4.39 Å². The first-order chi connectivity index (χ1) is 9.20. The van der Waals surface area contributed by atoms with Crippen LogP contribution in [0.2, 0.25) is 0 Å². The minimum Gasteiger partial charge on any atom is -0.370 e. The van der Waals surface area contributed by atoms with Crippen LogP contribution >= 0.6 is 11.8 Å². The van der Waals surface area contributed by atoms with Crippen LogP contribution in [0.15, 0.2) is 18.2 Å². The van der Waals surface area contributed by atoms with Gasteiger partial charge in [-0.1, -0.05) is 6.92 Å². The Morgan fingerprint density at radius 3 is 2.95 bits per heavy atom. The number of halogens is 1. The van der Waals surface area contributed by atoms with E-state index in [4.69, 9.17) is 0 Å². The van der Waals surface area contributed by atoms with E-state index in [9.17, 15) is 4.39 Å². The van der Waals surface area contributed by atoms with Crippen molar-refractivity contribution in [3.8, 4) is 0 Å². The highest BCUT2D eigenvalue weighted by Gasteiger charge is 2.21. The van der Waals surface area contributed by atoms with Gasteiger partial charge < -0.3 is 10.2 Å². The van der Waals surface area contributed by atoms with Crippen molar-refractivity contribution in [2.24, 2.45) is 0 Å². The van der Waals surface area contributed by atoms with Gasteiger partial charge in [-0.3, -0.25) is 0 Å². The summed E-state index contributed by atoms with van der Waals surface area (Å²) in [5.41, 5.74) is 2.10. The molecule has 1 saturated heterocycles. The smallest absolute Gasteiger partial charge is 0.125 e. The molecule has 1 aliphatic heterocycles. The summed E-state index contributed by atoms with van der Waals surface area (Å²) in [6.07, 6.45) is 2.53. The first-order valence-corrected chi connectivity index (χ1v) is 8.15. The SMILES string of the molecule is CC1CN(c2cc(F)cc(CNC3CC3)c2)CCS1. The Balaban J connectivity index is 1.72. The highest BCUT2D eigenvalue weighted by molar-refractivity contribution is 8.00. The monoisotopic (exact) mass is 280 g/mol. The van der Waals surface area contributed by atoms with E-state index in [0.29, 0.717) is 11.3 Å². The highest BCUT2D eigenvalue weighted by atomic mass is 32.2. The van der Waals surface area contributed by atoms with E-state index in [2.05, 4.69) is 23.2 Å². The Hall–Kier alpha value is -0.740. The molecule has 0 radical (unpaired) electrons. The molecule has 1 atom stereocenters. The first-order valence-electron chi connectivity index (χ1n) is 7.10. The van der Waals surface area contributed by atoms with E-state index in [1.165, 1.54) is 12.8 Å². The molecule has 2 aliphatic rings. The number of rotatable bonds is 4. The van der Waals surface area contributed by atoms with Crippen LogP contribution < -0.4 is 10.2 Å². The molecular formula is C15H21FN2S. The summed E-state index contributed by atoms with van der Waals surface area (Å²) in [6, 6.07) is 6.13. The number of nitrogens with one attached hydrogen (secondary N) is 1. The second-order valence-electron chi connectivity index (χ2n) is 5.60. The Bertz CT molecular complexity index is 448. The molecule has 0 amide bonds. The maximum absolute atomic E-state index is 13.8. The van der Waals surface area contributed by atoms with Crippen LogP contribution in [-0.4, -0.2) is 30.1 Å². The second-order valence-corrected chi connectivity index (χ2v) is 7.15. The zero-order valence-corrected chi connectivity index (χ0v) is 12.2. The number of nitrogens with zero attached hydrogens (tertiary/aromatic N) is 1. The maximum atomic E-state index is 13.8. The van der Waals surface area contributed by atoms with Crippen molar-refractivity contribution in [1.29, 1.82) is 0 Å². The van der Waals surface area contributed by atoms with Gasteiger partial charge in [-0.2, -0.15) is 11.8 Å². The van der Waals surface area contributed by atoms with E-state index in [0.717, 1.165) is 36.6 Å². The molecule has 1 unspecified atom stereocenters. The molecule has 19 heavy (non-hydrogen) atoms. The van der Waals surface area contributed by atoms with Gasteiger partial charge in [0.05, 0.1) is 0 Å². The number of thioether (sulfide) groups is 1. The average molecular weight is 280 g/mol. The lowest BCUT2D eigenvalue weighted by Gasteiger charge is -2.32. The number of anilines is 1. The third-order valence-corrected chi connectivity index (χ3v) is 4.86. The number of benzene rings is 1. The van der Waals surface area contributed by atoms with Gasteiger partial charge in [0.25, 0.3) is 0 Å². The van der Waals surface area contributed by atoms with Crippen LogP contribution in [0.1, 0.15) is 25.3 Å². The molecule has 4 heteroatoms. The third-order valence-electron chi connectivity index (χ3n) is 3.72. The predicted octanol–water partition coefficient (Wildman–Crippen LogP) is 3.02. The molecule has 2 nitrogen and oxygen atoms in total. The molecule has 1 saturated carbocycles. The molecule has 3 rings (SSSR count). The van der Waals surface area contributed by atoms with E-state index in [1.54, 1.807) is 12.1 Å². The van der Waals surface area contributed by atoms with Crippen molar-refractivity contribution in [3.63, 3.8) is 0 Å². The molecule has 1 aromatic carbocycles. The summed E-state index contributed by atoms with van der Waals surface area (Å²) in [4.78, 5) is 2.31. The van der Waals surface area contributed by atoms with Crippen molar-refractivity contribution in [2.75, 3.05) is 23.7 Å². The van der Waals surface area contributed by atoms with Gasteiger partial charge in [-0.25, -0.2) is 4.39 Å². The molecule has 0 bridgehead atoms. The largest absolute Gasteiger partial charge is 0.370 e.